The van der Waals surface area contributed by atoms with Gasteiger partial charge < -0.3 is 4.74 Å². The molecule has 128 valence electrons. The topological polar surface area (TPSA) is 43.4 Å². The Balaban J connectivity index is 4.09. The van der Waals surface area contributed by atoms with Gasteiger partial charge in [-0.25, -0.2) is 4.79 Å². The quantitative estimate of drug-likeness (QED) is 0.286. The molecule has 0 heterocycles. The summed E-state index contributed by atoms with van der Waals surface area (Å²) in [6.07, 6.45) is 8.92. The van der Waals surface area contributed by atoms with Crippen LogP contribution in [0.15, 0.2) is 11.6 Å². The third-order valence-electron chi connectivity index (χ3n) is 4.52. The second-order valence-corrected chi connectivity index (χ2v) is 6.06. The van der Waals surface area contributed by atoms with Crippen LogP contribution in [0.5, 0.6) is 0 Å². The van der Waals surface area contributed by atoms with E-state index in [1.54, 1.807) is 0 Å². The normalized spacial score (nSPS) is 13.3. The molecule has 0 fully saturated rings. The Morgan fingerprint density at radius 3 is 2.14 bits per heavy atom. The molecule has 0 N–H and O–H groups in total. The fourth-order valence-electron chi connectivity index (χ4n) is 2.48. The van der Waals surface area contributed by atoms with Gasteiger partial charge in [-0.1, -0.05) is 45.8 Å². The molecule has 0 saturated carbocycles. The lowest BCUT2D eigenvalue weighted by molar-refractivity contribution is -0.156. The molecule has 0 rings (SSSR count). The second-order valence-electron chi connectivity index (χ2n) is 6.06. The average Bonchev–Trinajstić information content (AvgIpc) is 2.53. The Bertz CT molecular complexity index is 354. The van der Waals surface area contributed by atoms with Gasteiger partial charge in [-0.15, -0.1) is 0 Å². The molecule has 0 saturated heterocycles. The molecule has 0 aromatic carbocycles. The van der Waals surface area contributed by atoms with Crippen molar-refractivity contribution in [3.8, 4) is 0 Å². The summed E-state index contributed by atoms with van der Waals surface area (Å²) in [5.41, 5.74) is 1.43. The molecule has 0 aromatic heterocycles. The Labute approximate surface area is 136 Å². The van der Waals surface area contributed by atoms with Crippen molar-refractivity contribution in [3.63, 3.8) is 0 Å². The van der Waals surface area contributed by atoms with E-state index in [4.69, 9.17) is 4.74 Å². The zero-order valence-electron chi connectivity index (χ0n) is 15.1. The lowest BCUT2D eigenvalue weighted by Crippen LogP contribution is -2.25. The Kier molecular flexibility index (Phi) is 11.8. The molecular weight excluding hydrogens is 276 g/mol. The minimum atomic E-state index is -0.648. The van der Waals surface area contributed by atoms with Crippen LogP contribution in [0.1, 0.15) is 79.6 Å². The largest absolute Gasteiger partial charge is 0.460 e. The number of carbonyl (C=O) groups excluding carboxylic acids is 2. The number of carbonyl (C=O) groups is 2. The summed E-state index contributed by atoms with van der Waals surface area (Å²) in [7, 11) is 0. The number of esters is 1. The van der Waals surface area contributed by atoms with Gasteiger partial charge >= 0.3 is 5.97 Å². The molecule has 3 heteroatoms. The highest BCUT2D eigenvalue weighted by molar-refractivity contribution is 6.34. The van der Waals surface area contributed by atoms with Gasteiger partial charge in [-0.05, 0) is 51.4 Å². The van der Waals surface area contributed by atoms with Crippen LogP contribution in [0.2, 0.25) is 0 Å². The maximum atomic E-state index is 11.8. The molecule has 0 aliphatic rings. The summed E-state index contributed by atoms with van der Waals surface area (Å²) in [5.74, 6) is -0.640. The summed E-state index contributed by atoms with van der Waals surface area (Å²) >= 11 is 0. The molecule has 22 heavy (non-hydrogen) atoms. The van der Waals surface area contributed by atoms with Crippen molar-refractivity contribution in [2.75, 3.05) is 6.61 Å². The van der Waals surface area contributed by atoms with Crippen LogP contribution < -0.4 is 0 Å². The highest BCUT2D eigenvalue weighted by Gasteiger charge is 2.23. The summed E-state index contributed by atoms with van der Waals surface area (Å²) in [6, 6.07) is 0. The second kappa shape index (κ2) is 12.4. The molecule has 0 aliphatic heterocycles. The molecule has 3 nitrogen and oxygen atoms in total. The van der Waals surface area contributed by atoms with Crippen molar-refractivity contribution in [1.82, 2.24) is 0 Å². The van der Waals surface area contributed by atoms with Gasteiger partial charge in [0.25, 0.3) is 0 Å². The Morgan fingerprint density at radius 1 is 1.00 bits per heavy atom. The number of ketones is 1. The maximum absolute atomic E-state index is 11.8. The zero-order chi connectivity index (χ0) is 17.0. The predicted octanol–water partition coefficient (Wildman–Crippen LogP) is 5.09. The van der Waals surface area contributed by atoms with Gasteiger partial charge in [0.05, 0.1) is 6.61 Å². The molecule has 0 amide bonds. The van der Waals surface area contributed by atoms with E-state index < -0.39 is 5.97 Å². The first-order valence-electron chi connectivity index (χ1n) is 8.86. The maximum Gasteiger partial charge on any atom is 0.374 e. The molecule has 0 bridgehead atoms. The van der Waals surface area contributed by atoms with E-state index in [0.717, 1.165) is 32.1 Å². The highest BCUT2D eigenvalue weighted by Crippen LogP contribution is 2.17. The van der Waals surface area contributed by atoms with Crippen molar-refractivity contribution < 1.29 is 14.3 Å². The van der Waals surface area contributed by atoms with Crippen LogP contribution in [-0.4, -0.2) is 18.4 Å². The average molecular weight is 310 g/mol. The number of Topliss-reactive ketones (excluding diaryl/α,β-unsaturated/α-hetero) is 1. The van der Waals surface area contributed by atoms with E-state index in [-0.39, 0.29) is 11.7 Å². The van der Waals surface area contributed by atoms with Crippen LogP contribution in [-0.2, 0) is 14.3 Å². The number of ether oxygens (including phenoxy) is 1. The summed E-state index contributed by atoms with van der Waals surface area (Å²) in [4.78, 5) is 23.6. The van der Waals surface area contributed by atoms with E-state index in [0.29, 0.717) is 25.4 Å². The molecule has 0 aromatic rings. The van der Waals surface area contributed by atoms with Crippen LogP contribution >= 0.6 is 0 Å². The zero-order valence-corrected chi connectivity index (χ0v) is 15.1. The van der Waals surface area contributed by atoms with Crippen molar-refractivity contribution in [1.29, 1.82) is 0 Å². The van der Waals surface area contributed by atoms with Gasteiger partial charge in [-0.3, -0.25) is 4.79 Å². The number of rotatable bonds is 12. The van der Waals surface area contributed by atoms with E-state index >= 15 is 0 Å². The van der Waals surface area contributed by atoms with Crippen molar-refractivity contribution in [2.24, 2.45) is 11.8 Å². The van der Waals surface area contributed by atoms with Crippen LogP contribution in [0.25, 0.3) is 0 Å². The van der Waals surface area contributed by atoms with E-state index in [2.05, 4.69) is 26.8 Å². The number of allylic oxidation sites excluding steroid dienone is 2. The monoisotopic (exact) mass is 310 g/mol. The van der Waals surface area contributed by atoms with Crippen molar-refractivity contribution >= 4 is 11.8 Å². The third-order valence-corrected chi connectivity index (χ3v) is 4.52. The molecule has 0 spiro atoms. The summed E-state index contributed by atoms with van der Waals surface area (Å²) < 4.78 is 5.17. The standard InChI is InChI=1S/C19H34O3/c1-6-15(5)11-10-12-16(7-2)13-14-22-19(21)18(20)17(8-3)9-4/h11,16-17H,6-10,12-14H2,1-5H3. The van der Waals surface area contributed by atoms with Crippen LogP contribution in [0.4, 0.5) is 0 Å². The number of hydrogen-bond donors (Lipinski definition) is 0. The minimum Gasteiger partial charge on any atom is -0.460 e. The minimum absolute atomic E-state index is 0.184. The first-order chi connectivity index (χ1) is 10.5. The van der Waals surface area contributed by atoms with Crippen molar-refractivity contribution in [3.05, 3.63) is 11.6 Å². The molecular formula is C19H34O3. The SMILES string of the molecule is CCC(C)=CCCC(CC)CCOC(=O)C(=O)C(CC)CC. The van der Waals surface area contributed by atoms with Crippen LogP contribution in [0, 0.1) is 11.8 Å². The summed E-state index contributed by atoms with van der Waals surface area (Å²) in [5, 5.41) is 0. The fourth-order valence-corrected chi connectivity index (χ4v) is 2.48. The van der Waals surface area contributed by atoms with E-state index in [1.807, 2.05) is 13.8 Å². The molecule has 1 atom stereocenters. The predicted molar refractivity (Wildman–Crippen MR) is 91.7 cm³/mol. The lowest BCUT2D eigenvalue weighted by atomic mass is 9.96. The first kappa shape index (κ1) is 20.9. The van der Waals surface area contributed by atoms with Gasteiger partial charge in [-0.2, -0.15) is 0 Å². The smallest absolute Gasteiger partial charge is 0.374 e. The molecule has 0 aliphatic carbocycles. The van der Waals surface area contributed by atoms with Gasteiger partial charge in [0, 0.05) is 5.92 Å². The van der Waals surface area contributed by atoms with Crippen molar-refractivity contribution in [2.45, 2.75) is 79.6 Å². The number of hydrogen-bond acceptors (Lipinski definition) is 3. The molecule has 0 radical (unpaired) electrons. The first-order valence-corrected chi connectivity index (χ1v) is 8.86. The lowest BCUT2D eigenvalue weighted by Gasteiger charge is -2.15. The molecule has 1 unspecified atom stereocenters. The van der Waals surface area contributed by atoms with Gasteiger partial charge in [0.1, 0.15) is 0 Å². The van der Waals surface area contributed by atoms with E-state index in [1.165, 1.54) is 5.57 Å². The highest BCUT2D eigenvalue weighted by atomic mass is 16.5. The van der Waals surface area contributed by atoms with Gasteiger partial charge in [0.2, 0.25) is 5.78 Å². The van der Waals surface area contributed by atoms with Gasteiger partial charge in [0.15, 0.2) is 0 Å². The van der Waals surface area contributed by atoms with Crippen LogP contribution in [0.3, 0.4) is 0 Å². The third kappa shape index (κ3) is 8.35. The Hall–Kier alpha value is -1.12. The van der Waals surface area contributed by atoms with E-state index in [9.17, 15) is 9.59 Å². The Morgan fingerprint density at radius 2 is 1.64 bits per heavy atom. The summed E-state index contributed by atoms with van der Waals surface area (Å²) in [6.45, 7) is 10.7. The fraction of sp³-hybridized carbons (Fsp3) is 0.789.